The van der Waals surface area contributed by atoms with Gasteiger partial charge in [-0.1, -0.05) is 208 Å². The third kappa shape index (κ3) is 6.94. The molecular formula is C64H58N2. The first-order chi connectivity index (χ1) is 31.6. The molecule has 0 aliphatic heterocycles. The molecule has 2 heteroatoms. The summed E-state index contributed by atoms with van der Waals surface area (Å²) in [6, 6.07) is 70.9. The molecule has 66 heavy (non-hydrogen) atoms. The van der Waals surface area contributed by atoms with Crippen LogP contribution in [0.5, 0.6) is 0 Å². The molecular weight excluding hydrogens is 797 g/mol. The van der Waals surface area contributed by atoms with Crippen LogP contribution in [0, 0.1) is 0 Å². The predicted octanol–water partition coefficient (Wildman–Crippen LogP) is 18.4. The summed E-state index contributed by atoms with van der Waals surface area (Å²) in [5.74, 6) is 0. The molecule has 324 valence electrons. The standard InChI is InChI=1S/C64H58N2/c1-62(2,3)46-29-34-50(45-37-47(63(4,5)6)39-48(38-45)64(7,8)9)59(40-46)65(49-30-23-42(24-31-49)41-17-11-10-12-18-41)57-35-27-43-26-33-54-58(36-28-44-25-32-53(57)60(43)61(44)54)66-55-21-15-13-19-51(55)52-20-14-16-22-56(52)66/h10-40H,1-9H3. The lowest BCUT2D eigenvalue weighted by Crippen LogP contribution is -2.18. The van der Waals surface area contributed by atoms with Gasteiger partial charge in [0.2, 0.25) is 0 Å². The van der Waals surface area contributed by atoms with Crippen molar-refractivity contribution in [3.63, 3.8) is 0 Å². The SMILES string of the molecule is CC(C)(C)c1cc(-c2ccc(C(C)(C)C)cc2N(c2ccc(-c3ccccc3)cc2)c2ccc3ccc4c(-n5c6ccccc6c6ccccc65)ccc5ccc2c3c54)cc(C(C)(C)C)c1. The first-order valence-electron chi connectivity index (χ1n) is 23.6. The predicted molar refractivity (Wildman–Crippen MR) is 286 cm³/mol. The smallest absolute Gasteiger partial charge is 0.0543 e. The summed E-state index contributed by atoms with van der Waals surface area (Å²) >= 11 is 0. The first kappa shape index (κ1) is 41.5. The Bertz CT molecular complexity index is 3540. The Labute approximate surface area is 390 Å². The van der Waals surface area contributed by atoms with E-state index in [0.29, 0.717) is 0 Å². The van der Waals surface area contributed by atoms with Gasteiger partial charge in [-0.05, 0) is 114 Å². The number of benzene rings is 10. The van der Waals surface area contributed by atoms with Crippen LogP contribution in [0.4, 0.5) is 17.1 Å². The molecule has 0 fully saturated rings. The molecule has 1 aromatic heterocycles. The van der Waals surface area contributed by atoms with Gasteiger partial charge in [0.15, 0.2) is 0 Å². The summed E-state index contributed by atoms with van der Waals surface area (Å²) in [5, 5.41) is 10.1. The van der Waals surface area contributed by atoms with Crippen LogP contribution in [-0.4, -0.2) is 4.57 Å². The minimum atomic E-state index is -0.0776. The van der Waals surface area contributed by atoms with Crippen molar-refractivity contribution in [2.24, 2.45) is 0 Å². The molecule has 0 saturated heterocycles. The van der Waals surface area contributed by atoms with Gasteiger partial charge in [-0.3, -0.25) is 0 Å². The Hall–Kier alpha value is -7.16. The minimum Gasteiger partial charge on any atom is -0.309 e. The van der Waals surface area contributed by atoms with Gasteiger partial charge in [-0.2, -0.15) is 0 Å². The topological polar surface area (TPSA) is 8.17 Å². The van der Waals surface area contributed by atoms with Crippen molar-refractivity contribution in [1.29, 1.82) is 0 Å². The zero-order chi connectivity index (χ0) is 45.7. The number of para-hydroxylation sites is 2. The van der Waals surface area contributed by atoms with E-state index in [9.17, 15) is 0 Å². The van der Waals surface area contributed by atoms with E-state index >= 15 is 0 Å². The van der Waals surface area contributed by atoms with Crippen LogP contribution in [0.2, 0.25) is 0 Å². The van der Waals surface area contributed by atoms with Crippen molar-refractivity contribution in [2.45, 2.75) is 78.6 Å². The Morgan fingerprint density at radius 3 is 1.47 bits per heavy atom. The van der Waals surface area contributed by atoms with E-state index in [-0.39, 0.29) is 16.2 Å². The quantitative estimate of drug-likeness (QED) is 0.151. The maximum Gasteiger partial charge on any atom is 0.0543 e. The molecule has 0 aliphatic carbocycles. The van der Waals surface area contributed by atoms with Crippen LogP contribution in [-0.2, 0) is 16.2 Å². The summed E-state index contributed by atoms with van der Waals surface area (Å²) in [5.41, 5.74) is 15.8. The molecule has 0 bridgehead atoms. The number of aromatic nitrogens is 1. The van der Waals surface area contributed by atoms with Crippen molar-refractivity contribution in [1.82, 2.24) is 4.57 Å². The monoisotopic (exact) mass is 854 g/mol. The number of hydrogen-bond acceptors (Lipinski definition) is 1. The highest BCUT2D eigenvalue weighted by molar-refractivity contribution is 6.27. The minimum absolute atomic E-state index is 0.0291. The van der Waals surface area contributed by atoms with Crippen molar-refractivity contribution in [3.05, 3.63) is 205 Å². The Morgan fingerprint density at radius 2 is 0.864 bits per heavy atom. The zero-order valence-corrected chi connectivity index (χ0v) is 39.8. The highest BCUT2D eigenvalue weighted by atomic mass is 15.1. The van der Waals surface area contributed by atoms with Crippen molar-refractivity contribution in [2.75, 3.05) is 4.90 Å². The Kier molecular flexibility index (Phi) is 9.57. The summed E-state index contributed by atoms with van der Waals surface area (Å²) in [4.78, 5) is 2.56. The first-order valence-corrected chi connectivity index (χ1v) is 23.6. The largest absolute Gasteiger partial charge is 0.309 e. The molecule has 0 amide bonds. The van der Waals surface area contributed by atoms with Gasteiger partial charge in [0.05, 0.1) is 28.1 Å². The normalized spacial score (nSPS) is 12.6. The van der Waals surface area contributed by atoms with Gasteiger partial charge in [-0.25, -0.2) is 0 Å². The van der Waals surface area contributed by atoms with Crippen LogP contribution in [0.3, 0.4) is 0 Å². The average molecular weight is 855 g/mol. The molecule has 0 spiro atoms. The number of fused-ring (bicyclic) bond motifs is 3. The van der Waals surface area contributed by atoms with E-state index in [1.165, 1.54) is 104 Å². The number of anilines is 3. The lowest BCUT2D eigenvalue weighted by molar-refractivity contribution is 0.569. The van der Waals surface area contributed by atoms with Crippen LogP contribution in [0.1, 0.15) is 79.0 Å². The molecule has 2 nitrogen and oxygen atoms in total. The maximum absolute atomic E-state index is 2.56. The second kappa shape index (κ2) is 15.2. The molecule has 10 aromatic carbocycles. The van der Waals surface area contributed by atoms with Crippen molar-refractivity contribution >= 4 is 71.2 Å². The summed E-state index contributed by atoms with van der Waals surface area (Å²) < 4.78 is 2.47. The summed E-state index contributed by atoms with van der Waals surface area (Å²) in [6.07, 6.45) is 0. The Balaban J connectivity index is 1.21. The third-order valence-electron chi connectivity index (χ3n) is 14.0. The van der Waals surface area contributed by atoms with Crippen molar-refractivity contribution in [3.8, 4) is 27.9 Å². The highest BCUT2D eigenvalue weighted by Crippen LogP contribution is 2.49. The molecule has 0 unspecified atom stereocenters. The van der Waals surface area contributed by atoms with Gasteiger partial charge in [0, 0.05) is 32.8 Å². The van der Waals surface area contributed by atoms with Crippen LogP contribution < -0.4 is 4.90 Å². The van der Waals surface area contributed by atoms with E-state index in [1.54, 1.807) is 0 Å². The highest BCUT2D eigenvalue weighted by Gasteiger charge is 2.27. The van der Waals surface area contributed by atoms with E-state index in [1.807, 2.05) is 0 Å². The van der Waals surface area contributed by atoms with Crippen LogP contribution >= 0.6 is 0 Å². The van der Waals surface area contributed by atoms with Crippen LogP contribution in [0.25, 0.3) is 82.1 Å². The number of hydrogen-bond donors (Lipinski definition) is 0. The van der Waals surface area contributed by atoms with Gasteiger partial charge >= 0.3 is 0 Å². The zero-order valence-electron chi connectivity index (χ0n) is 39.8. The molecule has 0 atom stereocenters. The van der Waals surface area contributed by atoms with Gasteiger partial charge in [0.1, 0.15) is 0 Å². The lowest BCUT2D eigenvalue weighted by atomic mass is 9.78. The average Bonchev–Trinajstić information content (AvgIpc) is 3.65. The number of nitrogens with zero attached hydrogens (tertiary/aromatic N) is 2. The molecule has 0 aliphatic rings. The molecule has 11 aromatic rings. The van der Waals surface area contributed by atoms with Gasteiger partial charge in [0.25, 0.3) is 0 Å². The van der Waals surface area contributed by atoms with E-state index in [4.69, 9.17) is 0 Å². The van der Waals surface area contributed by atoms with E-state index in [0.717, 1.165) is 11.4 Å². The summed E-state index contributed by atoms with van der Waals surface area (Å²) in [6.45, 7) is 21.0. The van der Waals surface area contributed by atoms with E-state index in [2.05, 4.69) is 260 Å². The molecule has 0 saturated carbocycles. The van der Waals surface area contributed by atoms with Gasteiger partial charge < -0.3 is 9.47 Å². The maximum atomic E-state index is 2.56. The molecule has 0 radical (unpaired) electrons. The van der Waals surface area contributed by atoms with Gasteiger partial charge in [-0.15, -0.1) is 0 Å². The second-order valence-corrected chi connectivity index (χ2v) is 21.5. The fraction of sp³-hybridized carbons (Fsp3) is 0.188. The van der Waals surface area contributed by atoms with Crippen molar-refractivity contribution < 1.29 is 0 Å². The molecule has 1 heterocycles. The summed E-state index contributed by atoms with van der Waals surface area (Å²) in [7, 11) is 0. The fourth-order valence-corrected chi connectivity index (χ4v) is 10.3. The fourth-order valence-electron chi connectivity index (χ4n) is 10.3. The van der Waals surface area contributed by atoms with E-state index < -0.39 is 0 Å². The number of rotatable bonds is 6. The third-order valence-corrected chi connectivity index (χ3v) is 14.0. The lowest BCUT2D eigenvalue weighted by Gasteiger charge is -2.32. The molecule has 11 rings (SSSR count). The van der Waals surface area contributed by atoms with Crippen LogP contribution in [0.15, 0.2) is 188 Å². The molecule has 0 N–H and O–H groups in total. The second-order valence-electron chi connectivity index (χ2n) is 21.5. The Morgan fingerprint density at radius 1 is 0.348 bits per heavy atom.